The molecule has 0 spiro atoms. The Bertz CT molecular complexity index is 676. The fourth-order valence-corrected chi connectivity index (χ4v) is 6.41. The summed E-state index contributed by atoms with van der Waals surface area (Å²) in [5.41, 5.74) is 0. The van der Waals surface area contributed by atoms with Gasteiger partial charge in [-0.25, -0.2) is 0 Å². The molecule has 4 nitrogen and oxygen atoms in total. The number of hydrogen-bond donors (Lipinski definition) is 3. The third kappa shape index (κ3) is 36.0. The average Bonchev–Trinajstić information content (AvgIpc) is 3.07. The SMILES string of the molecule is CCCCCCCCCCC/C=C\CCCCCCCC(=O)NC(CO)C(O)/C=C/CCCCCCCCCCCCCCCCC. The predicted molar refractivity (Wildman–Crippen MR) is 207 cm³/mol. The van der Waals surface area contributed by atoms with E-state index >= 15 is 0 Å². The Labute approximate surface area is 294 Å². The molecule has 0 aliphatic heterocycles. The first-order chi connectivity index (χ1) is 23.2. The monoisotopic (exact) mass is 662 g/mol. The first-order valence-electron chi connectivity index (χ1n) is 21.1. The van der Waals surface area contributed by atoms with Gasteiger partial charge in [-0.05, 0) is 44.9 Å². The zero-order valence-electron chi connectivity index (χ0n) is 31.8. The van der Waals surface area contributed by atoms with Crippen molar-refractivity contribution in [1.82, 2.24) is 5.32 Å². The molecule has 0 aromatic carbocycles. The molecule has 0 fully saturated rings. The normalized spacial score (nSPS) is 13.2. The fraction of sp³-hybridized carbons (Fsp3) is 0.884. The fourth-order valence-electron chi connectivity index (χ4n) is 6.41. The smallest absolute Gasteiger partial charge is 0.220 e. The summed E-state index contributed by atoms with van der Waals surface area (Å²) in [4.78, 5) is 12.4. The molecular formula is C43H83NO3. The van der Waals surface area contributed by atoms with Gasteiger partial charge in [0.25, 0.3) is 0 Å². The summed E-state index contributed by atoms with van der Waals surface area (Å²) in [5, 5.41) is 23.0. The van der Waals surface area contributed by atoms with Gasteiger partial charge in [-0.1, -0.05) is 199 Å². The van der Waals surface area contributed by atoms with Crippen molar-refractivity contribution >= 4 is 5.91 Å². The second kappa shape index (κ2) is 39.3. The highest BCUT2D eigenvalue weighted by atomic mass is 16.3. The maximum atomic E-state index is 12.4. The Kier molecular flexibility index (Phi) is 38.4. The van der Waals surface area contributed by atoms with Crippen LogP contribution >= 0.6 is 0 Å². The van der Waals surface area contributed by atoms with E-state index in [2.05, 4.69) is 31.3 Å². The lowest BCUT2D eigenvalue weighted by atomic mass is 10.0. The summed E-state index contributed by atoms with van der Waals surface area (Å²) in [6.45, 7) is 4.31. The van der Waals surface area contributed by atoms with Gasteiger partial charge >= 0.3 is 0 Å². The number of aliphatic hydroxyl groups excluding tert-OH is 2. The van der Waals surface area contributed by atoms with Crippen molar-refractivity contribution in [2.45, 2.75) is 238 Å². The second-order valence-corrected chi connectivity index (χ2v) is 14.4. The van der Waals surface area contributed by atoms with E-state index in [0.29, 0.717) is 6.42 Å². The topological polar surface area (TPSA) is 69.6 Å². The minimum atomic E-state index is -0.839. The number of allylic oxidation sites excluding steroid dienone is 3. The summed E-state index contributed by atoms with van der Waals surface area (Å²) >= 11 is 0. The van der Waals surface area contributed by atoms with E-state index in [0.717, 1.165) is 32.1 Å². The lowest BCUT2D eigenvalue weighted by Crippen LogP contribution is -2.45. The van der Waals surface area contributed by atoms with E-state index in [1.807, 2.05) is 6.08 Å². The maximum Gasteiger partial charge on any atom is 0.220 e. The van der Waals surface area contributed by atoms with E-state index in [-0.39, 0.29) is 12.5 Å². The molecule has 0 saturated carbocycles. The highest BCUT2D eigenvalue weighted by molar-refractivity contribution is 5.76. The number of carbonyl (C=O) groups is 1. The van der Waals surface area contributed by atoms with E-state index in [1.54, 1.807) is 6.08 Å². The number of aliphatic hydroxyl groups is 2. The van der Waals surface area contributed by atoms with Gasteiger partial charge < -0.3 is 15.5 Å². The Morgan fingerprint density at radius 3 is 1.17 bits per heavy atom. The van der Waals surface area contributed by atoms with Gasteiger partial charge in [0.1, 0.15) is 0 Å². The molecule has 0 rings (SSSR count). The molecule has 0 aliphatic rings. The molecule has 0 bridgehead atoms. The second-order valence-electron chi connectivity index (χ2n) is 14.4. The zero-order valence-corrected chi connectivity index (χ0v) is 31.8. The number of rotatable bonds is 38. The van der Waals surface area contributed by atoms with Gasteiger partial charge in [-0.15, -0.1) is 0 Å². The van der Waals surface area contributed by atoms with Gasteiger partial charge in [-0.3, -0.25) is 4.79 Å². The summed E-state index contributed by atoms with van der Waals surface area (Å²) in [6.07, 6.45) is 49.9. The molecule has 0 aromatic rings. The number of carbonyl (C=O) groups excluding carboxylic acids is 1. The van der Waals surface area contributed by atoms with Crippen LogP contribution in [-0.4, -0.2) is 34.9 Å². The van der Waals surface area contributed by atoms with Crippen molar-refractivity contribution in [3.05, 3.63) is 24.3 Å². The van der Waals surface area contributed by atoms with Crippen LogP contribution < -0.4 is 5.32 Å². The van der Waals surface area contributed by atoms with Crippen LogP contribution in [0.15, 0.2) is 24.3 Å². The number of unbranched alkanes of at least 4 members (excludes halogenated alkanes) is 29. The number of nitrogens with one attached hydrogen (secondary N) is 1. The van der Waals surface area contributed by atoms with Gasteiger partial charge in [0, 0.05) is 6.42 Å². The standard InChI is InChI=1S/C43H83NO3/c1-3-5-7-9-11-13-15-17-19-21-23-25-27-29-31-33-35-37-39-43(47)44-41(40-45)42(46)38-36-34-32-30-28-26-24-22-20-18-16-14-12-10-8-6-4-2/h23,25,36,38,41-42,45-46H,3-22,24,26-35,37,39-40H2,1-2H3,(H,44,47)/b25-23-,38-36+. The Morgan fingerprint density at radius 1 is 0.489 bits per heavy atom. The van der Waals surface area contributed by atoms with Crippen LogP contribution in [0.5, 0.6) is 0 Å². The van der Waals surface area contributed by atoms with Crippen LogP contribution in [0.4, 0.5) is 0 Å². The molecule has 47 heavy (non-hydrogen) atoms. The van der Waals surface area contributed by atoms with Crippen molar-refractivity contribution < 1.29 is 15.0 Å². The first-order valence-corrected chi connectivity index (χ1v) is 21.1. The van der Waals surface area contributed by atoms with Crippen molar-refractivity contribution in [1.29, 1.82) is 0 Å². The van der Waals surface area contributed by atoms with Crippen LogP contribution in [0.1, 0.15) is 226 Å². The molecule has 0 aliphatic carbocycles. The van der Waals surface area contributed by atoms with Crippen LogP contribution in [0.2, 0.25) is 0 Å². The minimum Gasteiger partial charge on any atom is -0.394 e. The summed E-state index contributed by atoms with van der Waals surface area (Å²) in [6, 6.07) is -0.623. The Balaban J connectivity index is 3.59. The third-order valence-corrected chi connectivity index (χ3v) is 9.68. The van der Waals surface area contributed by atoms with Crippen molar-refractivity contribution in [3.63, 3.8) is 0 Å². The molecule has 2 atom stereocenters. The summed E-state index contributed by atoms with van der Waals surface area (Å²) in [5.74, 6) is -0.0710. The molecule has 3 N–H and O–H groups in total. The van der Waals surface area contributed by atoms with E-state index in [1.165, 1.54) is 173 Å². The molecule has 278 valence electrons. The molecule has 1 amide bonds. The molecular weight excluding hydrogens is 578 g/mol. The maximum absolute atomic E-state index is 12.4. The van der Waals surface area contributed by atoms with Crippen molar-refractivity contribution in [3.8, 4) is 0 Å². The lowest BCUT2D eigenvalue weighted by molar-refractivity contribution is -0.123. The minimum absolute atomic E-state index is 0.0710. The number of amides is 1. The van der Waals surface area contributed by atoms with Crippen molar-refractivity contribution in [2.75, 3.05) is 6.61 Å². The van der Waals surface area contributed by atoms with Gasteiger partial charge in [0.15, 0.2) is 0 Å². The number of hydrogen-bond acceptors (Lipinski definition) is 3. The van der Waals surface area contributed by atoms with Crippen molar-refractivity contribution in [2.24, 2.45) is 0 Å². The highest BCUT2D eigenvalue weighted by Gasteiger charge is 2.17. The zero-order chi connectivity index (χ0) is 34.3. The molecule has 4 heteroatoms. The van der Waals surface area contributed by atoms with Crippen LogP contribution in [0.25, 0.3) is 0 Å². The molecule has 0 heterocycles. The van der Waals surface area contributed by atoms with E-state index in [4.69, 9.17) is 0 Å². The average molecular weight is 662 g/mol. The van der Waals surface area contributed by atoms with E-state index < -0.39 is 12.1 Å². The molecule has 0 saturated heterocycles. The highest BCUT2D eigenvalue weighted by Crippen LogP contribution is 2.15. The molecule has 2 unspecified atom stereocenters. The van der Waals surface area contributed by atoms with E-state index in [9.17, 15) is 15.0 Å². The summed E-state index contributed by atoms with van der Waals surface area (Å²) in [7, 11) is 0. The first kappa shape index (κ1) is 45.9. The lowest BCUT2D eigenvalue weighted by Gasteiger charge is -2.20. The largest absolute Gasteiger partial charge is 0.394 e. The predicted octanol–water partition coefficient (Wildman–Crippen LogP) is 12.8. The molecule has 0 aromatic heterocycles. The molecule has 0 radical (unpaired) electrons. The third-order valence-electron chi connectivity index (χ3n) is 9.68. The van der Waals surface area contributed by atoms with Gasteiger partial charge in [0.2, 0.25) is 5.91 Å². The van der Waals surface area contributed by atoms with Gasteiger partial charge in [0.05, 0.1) is 18.8 Å². The summed E-state index contributed by atoms with van der Waals surface area (Å²) < 4.78 is 0. The van der Waals surface area contributed by atoms with Crippen LogP contribution in [0, 0.1) is 0 Å². The van der Waals surface area contributed by atoms with Crippen LogP contribution in [-0.2, 0) is 4.79 Å². The quantitative estimate of drug-likeness (QED) is 0.0455. The van der Waals surface area contributed by atoms with Gasteiger partial charge in [-0.2, -0.15) is 0 Å². The Hall–Kier alpha value is -1.13. The van der Waals surface area contributed by atoms with Crippen LogP contribution in [0.3, 0.4) is 0 Å². The Morgan fingerprint density at radius 2 is 0.809 bits per heavy atom.